The van der Waals surface area contributed by atoms with Gasteiger partial charge in [-0.1, -0.05) is 0 Å². The lowest BCUT2D eigenvalue weighted by atomic mass is 10.3. The minimum atomic E-state index is -3.54. The summed E-state index contributed by atoms with van der Waals surface area (Å²) in [6.07, 6.45) is 1.88. The van der Waals surface area contributed by atoms with Crippen molar-refractivity contribution in [2.75, 3.05) is 14.2 Å². The molecule has 6 nitrogen and oxygen atoms in total. The molecule has 0 aliphatic carbocycles. The molecule has 0 amide bonds. The summed E-state index contributed by atoms with van der Waals surface area (Å²) in [5.41, 5.74) is 1.75. The number of benzene rings is 1. The van der Waals surface area contributed by atoms with Gasteiger partial charge < -0.3 is 4.74 Å². The Morgan fingerprint density at radius 1 is 1.27 bits per heavy atom. The largest absolute Gasteiger partial charge is 0.497 e. The monoisotopic (exact) mass is 323 g/mol. The lowest BCUT2D eigenvalue weighted by Crippen LogP contribution is -2.26. The first kappa shape index (κ1) is 16.5. The number of aryl methyl sites for hydroxylation is 2. The molecule has 0 bridgehead atoms. The third-order valence-corrected chi connectivity index (χ3v) is 5.35. The molecule has 0 N–H and O–H groups in total. The van der Waals surface area contributed by atoms with E-state index in [1.165, 1.54) is 4.31 Å². The number of hydrogen-bond donors (Lipinski definition) is 0. The zero-order valence-electron chi connectivity index (χ0n) is 13.3. The highest BCUT2D eigenvalue weighted by molar-refractivity contribution is 7.89. The summed E-state index contributed by atoms with van der Waals surface area (Å²) in [6, 6.07) is 6.38. The summed E-state index contributed by atoms with van der Waals surface area (Å²) < 4.78 is 33.3. The number of nitrogens with zero attached hydrogens (tertiary/aromatic N) is 3. The first-order valence-electron chi connectivity index (χ1n) is 7.01. The average Bonchev–Trinajstić information content (AvgIpc) is 2.87. The van der Waals surface area contributed by atoms with Crippen molar-refractivity contribution in [2.45, 2.75) is 31.8 Å². The number of hydrogen-bond acceptors (Lipinski definition) is 4. The highest BCUT2D eigenvalue weighted by atomic mass is 32.2. The Bertz CT molecular complexity index is 736. The molecule has 0 aliphatic heterocycles. The van der Waals surface area contributed by atoms with Gasteiger partial charge in [0.2, 0.25) is 10.0 Å². The Labute approximate surface area is 131 Å². The normalized spacial score (nSPS) is 11.9. The summed E-state index contributed by atoms with van der Waals surface area (Å²) in [5.74, 6) is 0.627. The van der Waals surface area contributed by atoms with Crippen molar-refractivity contribution in [3.63, 3.8) is 0 Å². The first-order chi connectivity index (χ1) is 10.4. The van der Waals surface area contributed by atoms with Crippen LogP contribution < -0.4 is 4.74 Å². The van der Waals surface area contributed by atoms with Crippen LogP contribution in [-0.4, -0.2) is 36.7 Å². The van der Waals surface area contributed by atoms with Crippen LogP contribution in [0.25, 0.3) is 0 Å². The Kier molecular flexibility index (Phi) is 4.87. The Morgan fingerprint density at radius 2 is 1.91 bits per heavy atom. The summed E-state index contributed by atoms with van der Waals surface area (Å²) in [7, 11) is -0.418. The summed E-state index contributed by atoms with van der Waals surface area (Å²) in [6.45, 7) is 4.93. The van der Waals surface area contributed by atoms with Gasteiger partial charge in [0.15, 0.2) is 0 Å². The Hall–Kier alpha value is -1.86. The number of methoxy groups -OCH3 is 1. The molecule has 0 saturated heterocycles. The zero-order chi connectivity index (χ0) is 16.3. The van der Waals surface area contributed by atoms with E-state index >= 15 is 0 Å². The molecule has 2 aromatic rings. The maximum absolute atomic E-state index is 12.6. The van der Waals surface area contributed by atoms with E-state index in [4.69, 9.17) is 4.74 Å². The van der Waals surface area contributed by atoms with Gasteiger partial charge in [-0.15, -0.1) is 0 Å². The molecule has 1 heterocycles. The molecule has 0 aliphatic rings. The van der Waals surface area contributed by atoms with Crippen molar-refractivity contribution in [3.05, 3.63) is 41.7 Å². The maximum atomic E-state index is 12.6. The highest BCUT2D eigenvalue weighted by Gasteiger charge is 2.22. The van der Waals surface area contributed by atoms with Gasteiger partial charge in [-0.25, -0.2) is 8.42 Å². The van der Waals surface area contributed by atoms with Gasteiger partial charge in [0, 0.05) is 31.9 Å². The Morgan fingerprint density at radius 3 is 2.41 bits per heavy atom. The van der Waals surface area contributed by atoms with E-state index in [-0.39, 0.29) is 4.90 Å². The lowest BCUT2D eigenvalue weighted by molar-refractivity contribution is 0.414. The lowest BCUT2D eigenvalue weighted by Gasteiger charge is -2.17. The number of ether oxygens (including phenoxy) is 1. The minimum absolute atomic E-state index is 0.247. The van der Waals surface area contributed by atoms with Gasteiger partial charge in [-0.05, 0) is 38.1 Å². The van der Waals surface area contributed by atoms with Crippen LogP contribution in [0.1, 0.15) is 18.2 Å². The minimum Gasteiger partial charge on any atom is -0.497 e. The molecule has 0 spiro atoms. The molecule has 120 valence electrons. The topological polar surface area (TPSA) is 64.4 Å². The summed E-state index contributed by atoms with van der Waals surface area (Å²) >= 11 is 0. The highest BCUT2D eigenvalue weighted by Crippen LogP contribution is 2.20. The number of aromatic nitrogens is 2. The second kappa shape index (κ2) is 6.50. The predicted octanol–water partition coefficient (Wildman–Crippen LogP) is 2.04. The van der Waals surface area contributed by atoms with Gasteiger partial charge in [-0.3, -0.25) is 4.68 Å². The first-order valence-corrected chi connectivity index (χ1v) is 8.45. The molecule has 0 unspecified atom stereocenters. The van der Waals surface area contributed by atoms with Crippen LogP contribution in [0.5, 0.6) is 5.75 Å². The van der Waals surface area contributed by atoms with Crippen LogP contribution in [0.3, 0.4) is 0 Å². The van der Waals surface area contributed by atoms with Crippen molar-refractivity contribution in [2.24, 2.45) is 0 Å². The van der Waals surface area contributed by atoms with Crippen LogP contribution in [0, 0.1) is 6.92 Å². The molecule has 0 atom stereocenters. The summed E-state index contributed by atoms with van der Waals surface area (Å²) in [5, 5.41) is 4.34. The van der Waals surface area contributed by atoms with Crippen molar-refractivity contribution in [1.82, 2.24) is 14.1 Å². The third kappa shape index (κ3) is 3.31. The standard InChI is InChI=1S/C15H21N3O3S/c1-5-18-11-13(12(2)16-18)10-17(3)22(19,20)15-8-6-14(21-4)7-9-15/h6-9,11H,5,10H2,1-4H3. The van der Waals surface area contributed by atoms with E-state index in [2.05, 4.69) is 5.10 Å². The maximum Gasteiger partial charge on any atom is 0.243 e. The fourth-order valence-electron chi connectivity index (χ4n) is 2.13. The molecule has 1 aromatic carbocycles. The second-order valence-electron chi connectivity index (χ2n) is 5.03. The molecule has 22 heavy (non-hydrogen) atoms. The van der Waals surface area contributed by atoms with Crippen molar-refractivity contribution in [1.29, 1.82) is 0 Å². The number of rotatable bonds is 6. The second-order valence-corrected chi connectivity index (χ2v) is 7.08. The van der Waals surface area contributed by atoms with E-state index in [0.29, 0.717) is 12.3 Å². The fraction of sp³-hybridized carbons (Fsp3) is 0.400. The van der Waals surface area contributed by atoms with E-state index in [1.54, 1.807) is 43.1 Å². The zero-order valence-corrected chi connectivity index (χ0v) is 14.1. The van der Waals surface area contributed by atoms with Crippen LogP contribution in [0.4, 0.5) is 0 Å². The van der Waals surface area contributed by atoms with Gasteiger partial charge in [0.25, 0.3) is 0 Å². The van der Waals surface area contributed by atoms with Crippen LogP contribution in [0.2, 0.25) is 0 Å². The SMILES string of the molecule is CCn1cc(CN(C)S(=O)(=O)c2ccc(OC)cc2)c(C)n1. The van der Waals surface area contributed by atoms with Gasteiger partial charge >= 0.3 is 0 Å². The molecule has 1 aromatic heterocycles. The molecule has 0 fully saturated rings. The average molecular weight is 323 g/mol. The van der Waals surface area contributed by atoms with E-state index < -0.39 is 10.0 Å². The third-order valence-electron chi connectivity index (χ3n) is 3.53. The van der Waals surface area contributed by atoms with Crippen molar-refractivity contribution in [3.8, 4) is 5.75 Å². The Balaban J connectivity index is 2.22. The van der Waals surface area contributed by atoms with Gasteiger partial charge in [-0.2, -0.15) is 9.40 Å². The molecule has 2 rings (SSSR count). The molecule has 7 heteroatoms. The molecular formula is C15H21N3O3S. The summed E-state index contributed by atoms with van der Waals surface area (Å²) in [4.78, 5) is 0.247. The quantitative estimate of drug-likeness (QED) is 0.816. The van der Waals surface area contributed by atoms with Gasteiger partial charge in [0.1, 0.15) is 5.75 Å². The van der Waals surface area contributed by atoms with Crippen LogP contribution in [0.15, 0.2) is 35.4 Å². The van der Waals surface area contributed by atoms with Crippen LogP contribution in [-0.2, 0) is 23.1 Å². The van der Waals surface area contributed by atoms with Crippen LogP contribution >= 0.6 is 0 Å². The molecule has 0 saturated carbocycles. The number of sulfonamides is 1. The fourth-order valence-corrected chi connectivity index (χ4v) is 3.28. The van der Waals surface area contributed by atoms with E-state index in [9.17, 15) is 8.42 Å². The predicted molar refractivity (Wildman–Crippen MR) is 84.3 cm³/mol. The molecule has 0 radical (unpaired) electrons. The van der Waals surface area contributed by atoms with Crippen molar-refractivity contribution >= 4 is 10.0 Å². The van der Waals surface area contributed by atoms with E-state index in [1.807, 2.05) is 20.0 Å². The molecular weight excluding hydrogens is 302 g/mol. The van der Waals surface area contributed by atoms with E-state index in [0.717, 1.165) is 17.8 Å². The smallest absolute Gasteiger partial charge is 0.243 e. The van der Waals surface area contributed by atoms with Crippen molar-refractivity contribution < 1.29 is 13.2 Å². The van der Waals surface area contributed by atoms with Gasteiger partial charge in [0.05, 0.1) is 17.7 Å².